The van der Waals surface area contributed by atoms with Gasteiger partial charge in [0.05, 0.1) is 0 Å². The molecule has 0 radical (unpaired) electrons. The van der Waals surface area contributed by atoms with Crippen LogP contribution in [0.15, 0.2) is 4.34 Å². The van der Waals surface area contributed by atoms with Crippen molar-refractivity contribution in [2.45, 2.75) is 37.1 Å². The number of aromatic nitrogens is 2. The van der Waals surface area contributed by atoms with Crippen LogP contribution in [0.4, 0.5) is 4.79 Å². The molecule has 7 heteroatoms. The number of rotatable bonds is 4. The normalized spacial score (nSPS) is 11.3. The minimum absolute atomic E-state index is 0.405. The number of amides is 1. The fourth-order valence-electron chi connectivity index (χ4n) is 1.01. The van der Waals surface area contributed by atoms with Crippen LogP contribution in [0.3, 0.4) is 0 Å². The maximum atomic E-state index is 11.3. The van der Waals surface area contributed by atoms with Crippen LogP contribution in [0, 0.1) is 0 Å². The predicted molar refractivity (Wildman–Crippen MR) is 69.6 cm³/mol. The SMILES string of the molecule is CSc1nc(CCNC(=O)OC(C)(C)C)ns1. The third-order valence-corrected chi connectivity index (χ3v) is 3.35. The molecule has 0 aliphatic heterocycles. The Morgan fingerprint density at radius 2 is 2.24 bits per heavy atom. The van der Waals surface area contributed by atoms with Gasteiger partial charge in [0.1, 0.15) is 11.4 Å². The summed E-state index contributed by atoms with van der Waals surface area (Å²) in [5.74, 6) is 0.760. The van der Waals surface area contributed by atoms with E-state index in [1.54, 1.807) is 11.8 Å². The lowest BCUT2D eigenvalue weighted by Gasteiger charge is -2.19. The van der Waals surface area contributed by atoms with Crippen LogP contribution in [0.1, 0.15) is 26.6 Å². The van der Waals surface area contributed by atoms with Crippen molar-refractivity contribution in [2.75, 3.05) is 12.8 Å². The molecule has 1 rings (SSSR count). The number of nitrogens with zero attached hydrogens (tertiary/aromatic N) is 2. The first kappa shape index (κ1) is 14.2. The molecule has 0 fully saturated rings. The van der Waals surface area contributed by atoms with Crippen LogP contribution < -0.4 is 5.32 Å². The smallest absolute Gasteiger partial charge is 0.407 e. The molecule has 5 nitrogen and oxygen atoms in total. The lowest BCUT2D eigenvalue weighted by molar-refractivity contribution is 0.0528. The second-order valence-electron chi connectivity index (χ2n) is 4.36. The summed E-state index contributed by atoms with van der Waals surface area (Å²) >= 11 is 2.95. The number of nitrogens with one attached hydrogen (secondary N) is 1. The van der Waals surface area contributed by atoms with Crippen LogP contribution in [-0.2, 0) is 11.2 Å². The fourth-order valence-corrected chi connectivity index (χ4v) is 2.08. The molecule has 0 spiro atoms. The zero-order valence-electron chi connectivity index (χ0n) is 10.4. The summed E-state index contributed by atoms with van der Waals surface area (Å²) in [7, 11) is 0. The number of hydrogen-bond acceptors (Lipinski definition) is 6. The van der Waals surface area contributed by atoms with Crippen LogP contribution >= 0.6 is 23.3 Å². The number of carbonyl (C=O) groups excluding carboxylic acids is 1. The maximum absolute atomic E-state index is 11.3. The molecule has 0 aliphatic carbocycles. The first-order valence-corrected chi connectivity index (χ1v) is 7.24. The van der Waals surface area contributed by atoms with Gasteiger partial charge in [-0.3, -0.25) is 0 Å². The summed E-state index contributed by atoms with van der Waals surface area (Å²) in [6, 6.07) is 0. The third kappa shape index (κ3) is 5.88. The van der Waals surface area contributed by atoms with Gasteiger partial charge in [0.25, 0.3) is 0 Å². The monoisotopic (exact) mass is 275 g/mol. The Balaban J connectivity index is 2.26. The van der Waals surface area contributed by atoms with Crippen molar-refractivity contribution in [3.63, 3.8) is 0 Å². The Morgan fingerprint density at radius 3 is 2.76 bits per heavy atom. The fraction of sp³-hybridized carbons (Fsp3) is 0.700. The quantitative estimate of drug-likeness (QED) is 0.854. The van der Waals surface area contributed by atoms with Gasteiger partial charge in [-0.1, -0.05) is 11.8 Å². The van der Waals surface area contributed by atoms with Crippen molar-refractivity contribution in [3.05, 3.63) is 5.82 Å². The molecular formula is C10H17N3O2S2. The maximum Gasteiger partial charge on any atom is 0.407 e. The van der Waals surface area contributed by atoms with E-state index < -0.39 is 11.7 Å². The van der Waals surface area contributed by atoms with Gasteiger partial charge in [-0.25, -0.2) is 9.78 Å². The minimum Gasteiger partial charge on any atom is -0.444 e. The average Bonchev–Trinajstić information content (AvgIpc) is 2.63. The minimum atomic E-state index is -0.463. The zero-order valence-corrected chi connectivity index (χ0v) is 12.1. The molecule has 0 saturated heterocycles. The van der Waals surface area contributed by atoms with Crippen molar-refractivity contribution in [2.24, 2.45) is 0 Å². The summed E-state index contributed by atoms with van der Waals surface area (Å²) in [6.07, 6.45) is 2.18. The molecule has 1 N–H and O–H groups in total. The summed E-state index contributed by atoms with van der Waals surface area (Å²) in [6.45, 7) is 5.98. The molecule has 1 aromatic heterocycles. The Labute approximate surface area is 110 Å². The Hall–Kier alpha value is -0.820. The Bertz CT molecular complexity index is 374. The molecule has 0 aromatic carbocycles. The molecule has 0 saturated carbocycles. The molecule has 0 unspecified atom stereocenters. The van der Waals surface area contributed by atoms with Crippen LogP contribution in [0.5, 0.6) is 0 Å². The Morgan fingerprint density at radius 1 is 1.53 bits per heavy atom. The highest BCUT2D eigenvalue weighted by atomic mass is 32.2. The van der Waals surface area contributed by atoms with E-state index in [2.05, 4.69) is 14.7 Å². The molecule has 0 aliphatic rings. The van der Waals surface area contributed by atoms with Crippen molar-refractivity contribution in [3.8, 4) is 0 Å². The van der Waals surface area contributed by atoms with Crippen LogP contribution in [0.25, 0.3) is 0 Å². The summed E-state index contributed by atoms with van der Waals surface area (Å²) < 4.78 is 10.2. The lowest BCUT2D eigenvalue weighted by atomic mass is 10.2. The predicted octanol–water partition coefficient (Wildman–Crippen LogP) is 2.33. The lowest BCUT2D eigenvalue weighted by Crippen LogP contribution is -2.33. The molecule has 96 valence electrons. The number of carbonyl (C=O) groups is 1. The first-order valence-electron chi connectivity index (χ1n) is 5.24. The molecule has 1 heterocycles. The van der Waals surface area contributed by atoms with E-state index in [1.807, 2.05) is 27.0 Å². The molecule has 1 aromatic rings. The van der Waals surface area contributed by atoms with Gasteiger partial charge in [-0.05, 0) is 38.6 Å². The van der Waals surface area contributed by atoms with Crippen molar-refractivity contribution in [1.29, 1.82) is 0 Å². The zero-order chi connectivity index (χ0) is 12.9. The molecule has 0 bridgehead atoms. The molecule has 17 heavy (non-hydrogen) atoms. The molecule has 0 atom stereocenters. The highest BCUT2D eigenvalue weighted by Gasteiger charge is 2.15. The van der Waals surface area contributed by atoms with Crippen molar-refractivity contribution in [1.82, 2.24) is 14.7 Å². The molecular weight excluding hydrogens is 258 g/mol. The highest BCUT2D eigenvalue weighted by Crippen LogP contribution is 2.16. The number of ether oxygens (including phenoxy) is 1. The first-order chi connectivity index (χ1) is 7.90. The van der Waals surface area contributed by atoms with E-state index >= 15 is 0 Å². The van der Waals surface area contributed by atoms with Gasteiger partial charge in [-0.15, -0.1) is 0 Å². The van der Waals surface area contributed by atoms with Crippen molar-refractivity contribution < 1.29 is 9.53 Å². The number of alkyl carbamates (subject to hydrolysis) is 1. The highest BCUT2D eigenvalue weighted by molar-refractivity contribution is 8.00. The standard InChI is InChI=1S/C10H17N3O2S2/c1-10(2,3)15-8(14)11-6-5-7-12-9(16-4)17-13-7/h5-6H2,1-4H3,(H,11,14). The van der Waals surface area contributed by atoms with E-state index in [1.165, 1.54) is 11.5 Å². The van der Waals surface area contributed by atoms with Crippen LogP contribution in [0.2, 0.25) is 0 Å². The second-order valence-corrected chi connectivity index (χ2v) is 6.16. The van der Waals surface area contributed by atoms with Gasteiger partial charge < -0.3 is 10.1 Å². The number of thioether (sulfide) groups is 1. The van der Waals surface area contributed by atoms with Gasteiger partial charge in [0.2, 0.25) is 0 Å². The summed E-state index contributed by atoms with van der Waals surface area (Å²) in [5, 5.41) is 2.67. The topological polar surface area (TPSA) is 64.1 Å². The van der Waals surface area contributed by atoms with E-state index in [-0.39, 0.29) is 0 Å². The number of hydrogen-bond donors (Lipinski definition) is 1. The van der Waals surface area contributed by atoms with Gasteiger partial charge in [0.15, 0.2) is 4.34 Å². The Kier molecular flexibility index (Phi) is 5.20. The van der Waals surface area contributed by atoms with E-state index in [0.717, 1.165) is 10.2 Å². The van der Waals surface area contributed by atoms with Gasteiger partial charge in [0, 0.05) is 13.0 Å². The summed E-state index contributed by atoms with van der Waals surface area (Å²) in [5.41, 5.74) is -0.463. The van der Waals surface area contributed by atoms with Crippen LogP contribution in [-0.4, -0.2) is 33.9 Å². The second kappa shape index (κ2) is 6.20. The van der Waals surface area contributed by atoms with Crippen molar-refractivity contribution >= 4 is 29.4 Å². The summed E-state index contributed by atoms with van der Waals surface area (Å²) in [4.78, 5) is 15.6. The van der Waals surface area contributed by atoms with Gasteiger partial charge in [-0.2, -0.15) is 4.37 Å². The molecule has 1 amide bonds. The van der Waals surface area contributed by atoms with E-state index in [9.17, 15) is 4.79 Å². The largest absolute Gasteiger partial charge is 0.444 e. The van der Waals surface area contributed by atoms with E-state index in [4.69, 9.17) is 4.74 Å². The average molecular weight is 275 g/mol. The van der Waals surface area contributed by atoms with E-state index in [0.29, 0.717) is 13.0 Å². The van der Waals surface area contributed by atoms with Gasteiger partial charge >= 0.3 is 6.09 Å². The third-order valence-electron chi connectivity index (χ3n) is 1.64.